The second-order valence-corrected chi connectivity index (χ2v) is 8.21. The van der Waals surface area contributed by atoms with Crippen molar-refractivity contribution in [3.05, 3.63) is 35.4 Å². The molecular weight excluding hydrogens is 370 g/mol. The Bertz CT molecular complexity index is 732. The zero-order valence-electron chi connectivity index (χ0n) is 15.2. The molecule has 1 heterocycles. The van der Waals surface area contributed by atoms with E-state index in [4.69, 9.17) is 4.74 Å². The van der Waals surface area contributed by atoms with Crippen molar-refractivity contribution in [1.82, 2.24) is 10.2 Å². The lowest BCUT2D eigenvalue weighted by atomic mass is 10.1. The normalized spacial score (nSPS) is 11.8. The number of nitrogens with one attached hydrogen (secondary N) is 1. The molecule has 1 atom stereocenters. The Kier molecular flexibility index (Phi) is 8.06. The molecule has 0 aliphatic heterocycles. The van der Waals surface area contributed by atoms with Gasteiger partial charge in [-0.25, -0.2) is 0 Å². The Hall–Kier alpha value is -1.93. The van der Waals surface area contributed by atoms with Gasteiger partial charge in [-0.3, -0.25) is 14.9 Å². The summed E-state index contributed by atoms with van der Waals surface area (Å²) in [6, 6.07) is 7.60. The van der Waals surface area contributed by atoms with Crippen LogP contribution in [0.25, 0.3) is 0 Å². The minimum Gasteiger partial charge on any atom is -0.465 e. The number of thioether (sulfide) groups is 1. The number of aryl methyl sites for hydroxylation is 1. The number of ether oxygens (including phenoxy) is 1. The molecule has 1 amide bonds. The Morgan fingerprint density at radius 2 is 1.96 bits per heavy atom. The number of anilines is 1. The molecular formula is C18H23N3O3S2. The van der Waals surface area contributed by atoms with Gasteiger partial charge in [0.1, 0.15) is 5.25 Å². The van der Waals surface area contributed by atoms with Crippen LogP contribution in [0, 0.1) is 0 Å². The fourth-order valence-electron chi connectivity index (χ4n) is 2.14. The first-order valence-corrected chi connectivity index (χ1v) is 10.3. The standard InChI is InChI=1S/C18H23N3O3S2/c1-4-6-7-13-8-10-14(11-9-13)15(22)19-17-20-21-18(26-17)25-12(3)16(23)24-5-2/h8-12H,4-7H2,1-3H3,(H,19,20,22). The average Bonchev–Trinajstić information content (AvgIpc) is 3.07. The molecule has 0 aliphatic carbocycles. The lowest BCUT2D eigenvalue weighted by Crippen LogP contribution is -2.16. The van der Waals surface area contributed by atoms with Crippen LogP contribution < -0.4 is 5.32 Å². The minimum atomic E-state index is -0.373. The Morgan fingerprint density at radius 1 is 1.23 bits per heavy atom. The smallest absolute Gasteiger partial charge is 0.319 e. The van der Waals surface area contributed by atoms with Gasteiger partial charge in [0.05, 0.1) is 6.61 Å². The number of benzene rings is 1. The molecule has 0 saturated heterocycles. The van der Waals surface area contributed by atoms with Crippen molar-refractivity contribution in [2.45, 2.75) is 49.6 Å². The summed E-state index contributed by atoms with van der Waals surface area (Å²) in [7, 11) is 0. The predicted molar refractivity (Wildman–Crippen MR) is 105 cm³/mol. The van der Waals surface area contributed by atoms with E-state index in [2.05, 4.69) is 22.4 Å². The van der Waals surface area contributed by atoms with E-state index in [1.807, 2.05) is 24.3 Å². The lowest BCUT2D eigenvalue weighted by molar-refractivity contribution is -0.142. The van der Waals surface area contributed by atoms with Crippen molar-refractivity contribution in [3.8, 4) is 0 Å². The second kappa shape index (κ2) is 10.3. The molecule has 0 bridgehead atoms. The number of aromatic nitrogens is 2. The van der Waals surface area contributed by atoms with Crippen molar-refractivity contribution >= 4 is 40.1 Å². The zero-order valence-corrected chi connectivity index (χ0v) is 16.8. The van der Waals surface area contributed by atoms with Crippen molar-refractivity contribution < 1.29 is 14.3 Å². The van der Waals surface area contributed by atoms with Crippen molar-refractivity contribution in [1.29, 1.82) is 0 Å². The highest BCUT2D eigenvalue weighted by Crippen LogP contribution is 2.29. The van der Waals surface area contributed by atoms with Crippen LogP contribution in [-0.4, -0.2) is 33.9 Å². The summed E-state index contributed by atoms with van der Waals surface area (Å²) in [5.74, 6) is -0.514. The van der Waals surface area contributed by atoms with Gasteiger partial charge in [-0.15, -0.1) is 10.2 Å². The number of amides is 1. The SMILES string of the molecule is CCCCc1ccc(C(=O)Nc2nnc(SC(C)C(=O)OCC)s2)cc1. The fourth-order valence-corrected chi connectivity index (χ4v) is 4.03. The maximum atomic E-state index is 12.3. The number of nitrogens with zero attached hydrogens (tertiary/aromatic N) is 2. The maximum Gasteiger partial charge on any atom is 0.319 e. The highest BCUT2D eigenvalue weighted by Gasteiger charge is 2.18. The number of hydrogen-bond acceptors (Lipinski definition) is 7. The monoisotopic (exact) mass is 393 g/mol. The molecule has 1 unspecified atom stereocenters. The molecule has 0 fully saturated rings. The fraction of sp³-hybridized carbons (Fsp3) is 0.444. The first-order chi connectivity index (χ1) is 12.5. The molecule has 1 aromatic heterocycles. The molecule has 26 heavy (non-hydrogen) atoms. The van der Waals surface area contributed by atoms with Crippen LogP contribution in [0.15, 0.2) is 28.6 Å². The van der Waals surface area contributed by atoms with Crippen LogP contribution in [0.1, 0.15) is 49.5 Å². The molecule has 8 heteroatoms. The van der Waals surface area contributed by atoms with Crippen molar-refractivity contribution in [2.75, 3.05) is 11.9 Å². The van der Waals surface area contributed by atoms with Crippen LogP contribution in [0.4, 0.5) is 5.13 Å². The van der Waals surface area contributed by atoms with Crippen LogP contribution in [-0.2, 0) is 16.0 Å². The summed E-state index contributed by atoms with van der Waals surface area (Å²) in [4.78, 5) is 24.0. The number of hydrogen-bond donors (Lipinski definition) is 1. The van der Waals surface area contributed by atoms with Gasteiger partial charge in [0.25, 0.3) is 5.91 Å². The van der Waals surface area contributed by atoms with Crippen molar-refractivity contribution in [2.24, 2.45) is 0 Å². The molecule has 6 nitrogen and oxygen atoms in total. The molecule has 0 spiro atoms. The van der Waals surface area contributed by atoms with Gasteiger partial charge in [-0.05, 0) is 44.4 Å². The van der Waals surface area contributed by atoms with Gasteiger partial charge in [0.15, 0.2) is 4.34 Å². The Balaban J connectivity index is 1.91. The van der Waals surface area contributed by atoms with Crippen LogP contribution in [0.2, 0.25) is 0 Å². The number of carbonyl (C=O) groups excluding carboxylic acids is 2. The third kappa shape index (κ3) is 6.10. The average molecular weight is 394 g/mol. The van der Waals surface area contributed by atoms with Gasteiger partial charge >= 0.3 is 5.97 Å². The Morgan fingerprint density at radius 3 is 2.62 bits per heavy atom. The number of esters is 1. The highest BCUT2D eigenvalue weighted by molar-refractivity contribution is 8.02. The van der Waals surface area contributed by atoms with E-state index in [1.165, 1.54) is 28.7 Å². The summed E-state index contributed by atoms with van der Waals surface area (Å²) < 4.78 is 5.57. The number of rotatable bonds is 9. The summed E-state index contributed by atoms with van der Waals surface area (Å²) >= 11 is 2.50. The number of carbonyl (C=O) groups is 2. The molecule has 140 valence electrons. The summed E-state index contributed by atoms with van der Waals surface area (Å²) in [6.45, 7) is 6.02. The topological polar surface area (TPSA) is 81.2 Å². The zero-order chi connectivity index (χ0) is 18.9. The van der Waals surface area contributed by atoms with Crippen LogP contribution >= 0.6 is 23.1 Å². The van der Waals surface area contributed by atoms with Crippen LogP contribution in [0.3, 0.4) is 0 Å². The molecule has 1 N–H and O–H groups in total. The molecule has 0 saturated carbocycles. The first-order valence-electron chi connectivity index (χ1n) is 8.60. The van der Waals surface area contributed by atoms with E-state index >= 15 is 0 Å². The maximum absolute atomic E-state index is 12.3. The number of unbranched alkanes of at least 4 members (excludes halogenated alkanes) is 1. The van der Waals surface area contributed by atoms with Gasteiger partial charge in [-0.1, -0.05) is 48.6 Å². The quantitative estimate of drug-likeness (QED) is 0.391. The summed E-state index contributed by atoms with van der Waals surface area (Å²) in [5.41, 5.74) is 1.81. The van der Waals surface area contributed by atoms with Gasteiger partial charge < -0.3 is 4.74 Å². The predicted octanol–water partition coefficient (Wildman–Crippen LogP) is 4.18. The third-order valence-corrected chi connectivity index (χ3v) is 5.56. The van der Waals surface area contributed by atoms with E-state index in [1.54, 1.807) is 13.8 Å². The van der Waals surface area contributed by atoms with E-state index in [-0.39, 0.29) is 17.1 Å². The van der Waals surface area contributed by atoms with E-state index in [9.17, 15) is 9.59 Å². The Labute approximate surface area is 161 Å². The lowest BCUT2D eigenvalue weighted by Gasteiger charge is -2.06. The first kappa shape index (κ1) is 20.4. The van der Waals surface area contributed by atoms with E-state index in [0.717, 1.165) is 19.3 Å². The van der Waals surface area contributed by atoms with Gasteiger partial charge in [0.2, 0.25) is 5.13 Å². The molecule has 0 aliphatic rings. The summed E-state index contributed by atoms with van der Waals surface area (Å²) in [6.07, 6.45) is 3.31. The summed E-state index contributed by atoms with van der Waals surface area (Å²) in [5, 5.41) is 10.7. The molecule has 2 rings (SSSR count). The van der Waals surface area contributed by atoms with E-state index < -0.39 is 0 Å². The highest BCUT2D eigenvalue weighted by atomic mass is 32.2. The second-order valence-electron chi connectivity index (χ2n) is 5.64. The molecule has 0 radical (unpaired) electrons. The largest absolute Gasteiger partial charge is 0.465 e. The van der Waals surface area contributed by atoms with Crippen molar-refractivity contribution in [3.63, 3.8) is 0 Å². The van der Waals surface area contributed by atoms with E-state index in [0.29, 0.717) is 21.6 Å². The third-order valence-electron chi connectivity index (χ3n) is 3.56. The molecule has 2 aromatic rings. The van der Waals surface area contributed by atoms with Gasteiger partial charge in [0, 0.05) is 5.56 Å². The molecule has 1 aromatic carbocycles. The van der Waals surface area contributed by atoms with Crippen LogP contribution in [0.5, 0.6) is 0 Å². The minimum absolute atomic E-state index is 0.224. The van der Waals surface area contributed by atoms with Gasteiger partial charge in [-0.2, -0.15) is 0 Å².